The van der Waals surface area contributed by atoms with E-state index in [0.717, 1.165) is 62.1 Å². The summed E-state index contributed by atoms with van der Waals surface area (Å²) in [5.74, 6) is -0.722. The number of allylic oxidation sites excluding steroid dienone is 9. The van der Waals surface area contributed by atoms with Gasteiger partial charge in [-0.25, -0.2) is 13.9 Å². The number of hydrogen-bond acceptors (Lipinski definition) is 16. The minimum absolute atomic E-state index is 0.0268. The van der Waals surface area contributed by atoms with Gasteiger partial charge < -0.3 is 45.1 Å². The highest BCUT2D eigenvalue weighted by Crippen LogP contribution is 2.60. The Hall–Kier alpha value is -3.58. The Kier molecular flexibility index (Phi) is 29.3. The van der Waals surface area contributed by atoms with Crippen LogP contribution in [-0.4, -0.2) is 96.9 Å². The molecule has 2 unspecified atom stereocenters. The number of unbranched alkanes of at least 4 members (excludes halogenated alkanes) is 7. The third-order valence-corrected chi connectivity index (χ3v) is 12.6. The Morgan fingerprint density at radius 2 is 1.44 bits per heavy atom. The summed E-state index contributed by atoms with van der Waals surface area (Å²) in [6.07, 6.45) is 24.6. The second-order valence-electron chi connectivity index (χ2n) is 16.2. The molecule has 0 saturated carbocycles. The van der Waals surface area contributed by atoms with E-state index in [2.05, 4.69) is 41.4 Å². The molecule has 1 aliphatic rings. The molecular weight excluding hydrogens is 900 g/mol. The van der Waals surface area contributed by atoms with Crippen molar-refractivity contribution in [1.82, 2.24) is 9.55 Å². The van der Waals surface area contributed by atoms with E-state index in [9.17, 15) is 48.6 Å². The topological polar surface area (TPSA) is 286 Å². The van der Waals surface area contributed by atoms with Crippen LogP contribution >= 0.6 is 15.6 Å². The Balaban J connectivity index is 1.85. The molecule has 1 fully saturated rings. The van der Waals surface area contributed by atoms with Crippen molar-refractivity contribution in [2.45, 2.75) is 160 Å². The zero-order valence-corrected chi connectivity index (χ0v) is 40.3. The standard InChI is InChI=1S/C45H73N3O16P2/c1-4-36(49)27-23-19-15-11-9-7-5-6-8-10-12-16-20-24-28-40(50)59-32-37(62-41(51)29-25-21-17-13-14-18-22-26-35(2)3)33-60-65(55,56)64-66(57,58)61-34-38-42(52)43(53)44(63-38)48-31-30-39(46)47-45(48)54/h6-9,12,15-16,19,23,27,30-31,35-38,42-44,49,52-53H,4-5,10-11,13-14,17-18,20-22,24-26,28-29,32-34H2,1-3H3,(H,55,56)(H,57,58)(H2,46,47,54)/b8-6-,9-7-,16-12-,19-15-,27-23+/t36-,37+,38+,42+,43+,44+/m0/s1. The fourth-order valence-electron chi connectivity index (χ4n) is 6.25. The normalized spacial score (nSPS) is 20.8. The second kappa shape index (κ2) is 33.0. The lowest BCUT2D eigenvalue weighted by Crippen LogP contribution is -2.36. The van der Waals surface area contributed by atoms with E-state index in [0.29, 0.717) is 31.6 Å². The maximum Gasteiger partial charge on any atom is 0.481 e. The van der Waals surface area contributed by atoms with Crippen LogP contribution < -0.4 is 11.4 Å². The predicted octanol–water partition coefficient (Wildman–Crippen LogP) is 7.21. The summed E-state index contributed by atoms with van der Waals surface area (Å²) in [6, 6.07) is 1.24. The van der Waals surface area contributed by atoms with E-state index in [4.69, 9.17) is 29.0 Å². The number of carbonyl (C=O) groups is 2. The number of nitrogens with zero attached hydrogens (tertiary/aromatic N) is 2. The largest absolute Gasteiger partial charge is 0.481 e. The fraction of sp³-hybridized carbons (Fsp3) is 0.644. The summed E-state index contributed by atoms with van der Waals surface area (Å²) < 4.78 is 56.4. The maximum absolute atomic E-state index is 12.8. The number of anilines is 1. The van der Waals surface area contributed by atoms with Crippen molar-refractivity contribution in [2.75, 3.05) is 25.6 Å². The molecule has 0 aromatic carbocycles. The highest BCUT2D eigenvalue weighted by molar-refractivity contribution is 7.61. The molecule has 1 aromatic heterocycles. The highest BCUT2D eigenvalue weighted by Gasteiger charge is 2.46. The number of aromatic nitrogens is 2. The molecule has 0 amide bonds. The average Bonchev–Trinajstić information content (AvgIpc) is 3.53. The third kappa shape index (κ3) is 26.7. The number of phosphoric ester groups is 2. The van der Waals surface area contributed by atoms with E-state index in [1.54, 1.807) is 6.08 Å². The molecule has 1 aliphatic heterocycles. The SMILES string of the molecule is CC[C@H](O)/C=C/C=C\C/C=C\C/C=C\C/C=C\CCCC(=O)OC[C@H](COP(=O)(O)OP(=O)(O)OC[C@H]1O[C@@H](n2ccc(N)nc2=O)[C@H](O)[C@@H]1O)OC(=O)CCCCCCCCCC(C)C. The van der Waals surface area contributed by atoms with Crippen LogP contribution in [0.3, 0.4) is 0 Å². The molecular formula is C45H73N3O16P2. The summed E-state index contributed by atoms with van der Waals surface area (Å²) in [5.41, 5.74) is 4.57. The van der Waals surface area contributed by atoms with Crippen molar-refractivity contribution in [2.24, 2.45) is 5.92 Å². The molecule has 374 valence electrons. The lowest BCUT2D eigenvalue weighted by Gasteiger charge is -2.21. The van der Waals surface area contributed by atoms with E-state index >= 15 is 0 Å². The van der Waals surface area contributed by atoms with Gasteiger partial charge in [0.2, 0.25) is 0 Å². The van der Waals surface area contributed by atoms with Crippen LogP contribution in [-0.2, 0) is 46.3 Å². The molecule has 0 spiro atoms. The maximum atomic E-state index is 12.8. The van der Waals surface area contributed by atoms with Gasteiger partial charge in [-0.2, -0.15) is 9.29 Å². The van der Waals surface area contributed by atoms with E-state index in [1.807, 2.05) is 43.4 Å². The summed E-state index contributed by atoms with van der Waals surface area (Å²) >= 11 is 0. The zero-order valence-electron chi connectivity index (χ0n) is 38.5. The Labute approximate surface area is 388 Å². The van der Waals surface area contributed by atoms with E-state index in [-0.39, 0.29) is 18.7 Å². The van der Waals surface area contributed by atoms with Crippen LogP contribution in [0.1, 0.15) is 130 Å². The lowest BCUT2D eigenvalue weighted by atomic mass is 10.0. The number of nitrogen functional groups attached to an aromatic ring is 1. The minimum Gasteiger partial charge on any atom is -0.462 e. The first-order chi connectivity index (χ1) is 31.4. The molecule has 0 bridgehead atoms. The first-order valence-corrected chi connectivity index (χ1v) is 25.8. The van der Waals surface area contributed by atoms with Crippen molar-refractivity contribution >= 4 is 33.4 Å². The number of ether oxygens (including phenoxy) is 3. The number of nitrogens with two attached hydrogens (primary N) is 1. The minimum atomic E-state index is -5.44. The summed E-state index contributed by atoms with van der Waals surface area (Å²) in [7, 11) is -10.9. The average molecular weight is 974 g/mol. The number of rotatable bonds is 35. The van der Waals surface area contributed by atoms with Gasteiger partial charge in [-0.15, -0.1) is 0 Å². The number of aliphatic hydroxyl groups excluding tert-OH is 3. The smallest absolute Gasteiger partial charge is 0.462 e. The van der Waals surface area contributed by atoms with Gasteiger partial charge in [0.1, 0.15) is 30.7 Å². The van der Waals surface area contributed by atoms with Gasteiger partial charge >= 0.3 is 33.3 Å². The van der Waals surface area contributed by atoms with Crippen LogP contribution in [0.25, 0.3) is 0 Å². The second-order valence-corrected chi connectivity index (χ2v) is 19.2. The molecule has 0 radical (unpaired) electrons. The van der Waals surface area contributed by atoms with E-state index < -0.39 is 89.8 Å². The van der Waals surface area contributed by atoms with Crippen molar-refractivity contribution in [3.8, 4) is 0 Å². The van der Waals surface area contributed by atoms with Gasteiger partial charge in [0, 0.05) is 19.0 Å². The molecule has 7 N–H and O–H groups in total. The molecule has 0 aliphatic carbocycles. The van der Waals surface area contributed by atoms with Crippen LogP contribution in [0.15, 0.2) is 77.8 Å². The van der Waals surface area contributed by atoms with Crippen molar-refractivity contribution in [1.29, 1.82) is 0 Å². The van der Waals surface area contributed by atoms with Crippen LogP contribution in [0, 0.1) is 5.92 Å². The molecule has 1 aromatic rings. The van der Waals surface area contributed by atoms with Gasteiger partial charge in [0.25, 0.3) is 0 Å². The van der Waals surface area contributed by atoms with Crippen LogP contribution in [0.5, 0.6) is 0 Å². The number of carbonyl (C=O) groups excluding carboxylic acids is 2. The Bertz CT molecular complexity index is 1870. The third-order valence-electron chi connectivity index (χ3n) is 9.95. The summed E-state index contributed by atoms with van der Waals surface area (Å²) in [4.78, 5) is 61.6. The monoisotopic (exact) mass is 973 g/mol. The Morgan fingerprint density at radius 3 is 2.09 bits per heavy atom. The first kappa shape index (κ1) is 58.5. The number of esters is 2. The predicted molar refractivity (Wildman–Crippen MR) is 248 cm³/mol. The van der Waals surface area contributed by atoms with Gasteiger partial charge in [-0.05, 0) is 56.9 Å². The molecule has 2 rings (SSSR count). The van der Waals surface area contributed by atoms with Crippen LogP contribution in [0.2, 0.25) is 0 Å². The summed E-state index contributed by atoms with van der Waals surface area (Å²) in [6.45, 7) is 3.93. The number of hydrogen-bond donors (Lipinski definition) is 6. The molecule has 2 heterocycles. The van der Waals surface area contributed by atoms with E-state index in [1.165, 1.54) is 18.9 Å². The molecule has 8 atom stereocenters. The van der Waals surface area contributed by atoms with Crippen molar-refractivity contribution in [3.63, 3.8) is 0 Å². The van der Waals surface area contributed by atoms with Crippen molar-refractivity contribution < 1.29 is 71.4 Å². The zero-order chi connectivity index (χ0) is 48.8. The highest BCUT2D eigenvalue weighted by atomic mass is 31.3. The number of aliphatic hydroxyl groups is 3. The fourth-order valence-corrected chi connectivity index (χ4v) is 8.36. The number of phosphoric acid groups is 2. The summed E-state index contributed by atoms with van der Waals surface area (Å²) in [5, 5.41) is 30.3. The van der Waals surface area contributed by atoms with Crippen molar-refractivity contribution in [3.05, 3.63) is 83.5 Å². The Morgan fingerprint density at radius 1 is 0.833 bits per heavy atom. The van der Waals surface area contributed by atoms with Gasteiger partial charge in [0.05, 0.1) is 19.3 Å². The van der Waals surface area contributed by atoms with Gasteiger partial charge in [-0.1, -0.05) is 126 Å². The molecule has 1 saturated heterocycles. The van der Waals surface area contributed by atoms with Gasteiger partial charge in [0.15, 0.2) is 12.3 Å². The van der Waals surface area contributed by atoms with Crippen LogP contribution in [0.4, 0.5) is 5.82 Å². The molecule has 21 heteroatoms. The first-order valence-electron chi connectivity index (χ1n) is 22.8. The molecule has 19 nitrogen and oxygen atoms in total. The lowest BCUT2D eigenvalue weighted by molar-refractivity contribution is -0.161. The quantitative estimate of drug-likeness (QED) is 0.0129. The molecule has 66 heavy (non-hydrogen) atoms. The van der Waals surface area contributed by atoms with Gasteiger partial charge in [-0.3, -0.25) is 23.2 Å².